The molecule has 11 rings (SSSR count). The van der Waals surface area contributed by atoms with Crippen LogP contribution in [0.3, 0.4) is 0 Å². The van der Waals surface area contributed by atoms with Crippen molar-refractivity contribution in [3.8, 4) is 45.6 Å². The maximum atomic E-state index is 6.21. The Balaban J connectivity index is 1.25. The molecular formula is C102H150N8S6. The van der Waals surface area contributed by atoms with Gasteiger partial charge in [-0.3, -0.25) is 0 Å². The van der Waals surface area contributed by atoms with Crippen LogP contribution in [-0.2, 0) is 51.4 Å². The van der Waals surface area contributed by atoms with Crippen LogP contribution in [0.5, 0.6) is 0 Å². The summed E-state index contributed by atoms with van der Waals surface area (Å²) in [5.74, 6) is 3.00. The van der Waals surface area contributed by atoms with Gasteiger partial charge in [0.2, 0.25) is 0 Å². The number of rotatable bonds is 58. The van der Waals surface area contributed by atoms with Crippen LogP contribution in [0.4, 0.5) is 0 Å². The standard InChI is InChI=1S/C102H150N8S6/c1-11-19-27-35-43-51-59-73-67-81-82(68-74(73)60-52-44-36-28-20-12-2)92-103-91(81)104-93-83-69-75(61-53-45-37-29-21-13-3)77(63-55-47-39-31-23-15-5)71-85(83)95(106-93)108-97-87-79(65-57-49-41-33-25-17-7)89-90(114-101(113-89)102-115-99(111-9)100(112-10)116-102)80(66-58-50-42-34-26-18-8)88(87)98(110-97)109-96-86-72-78(64-56-48-40-32-24-16-6)76(62-54-46-38-30-22-14-4)70-84(86)94(105-92)107-96/h67-72H,11-66H2,1-10H3,(H2,103,104,105,106,107,108,109,110). The van der Waals surface area contributed by atoms with Crippen LogP contribution in [0.15, 0.2) is 63.1 Å². The first-order chi connectivity index (χ1) is 57.2. The summed E-state index contributed by atoms with van der Waals surface area (Å²) < 4.78 is 5.72. The van der Waals surface area contributed by atoms with E-state index in [2.05, 4.69) is 138 Å². The first-order valence-electron chi connectivity index (χ1n) is 48.0. The lowest BCUT2D eigenvalue weighted by molar-refractivity contribution is 0.599. The minimum Gasteiger partial charge on any atom is -0.324 e. The highest BCUT2D eigenvalue weighted by molar-refractivity contribution is 8.42. The molecule has 0 spiro atoms. The molecule has 3 aromatic heterocycles. The molecule has 0 atom stereocenters. The molecule has 0 saturated heterocycles. The van der Waals surface area contributed by atoms with E-state index in [1.165, 1.54) is 377 Å². The van der Waals surface area contributed by atoms with Crippen molar-refractivity contribution in [2.75, 3.05) is 12.5 Å². The number of aryl methyl sites for hydroxylation is 8. The third-order valence-corrected chi connectivity index (χ3v) is 33.6. The molecule has 0 radical (unpaired) electrons. The highest BCUT2D eigenvalue weighted by Crippen LogP contribution is 2.66. The quantitative estimate of drug-likeness (QED) is 0.0354. The van der Waals surface area contributed by atoms with E-state index in [9.17, 15) is 0 Å². The van der Waals surface area contributed by atoms with Gasteiger partial charge in [0.05, 0.1) is 16.9 Å². The normalized spacial score (nSPS) is 13.3. The topological polar surface area (TPSA) is 109 Å². The lowest BCUT2D eigenvalue weighted by Crippen LogP contribution is -1.99. The first kappa shape index (κ1) is 92.5. The second-order valence-corrected chi connectivity index (χ2v) is 41.3. The van der Waals surface area contributed by atoms with Gasteiger partial charge >= 0.3 is 0 Å². The molecule has 14 heteroatoms. The second-order valence-electron chi connectivity index (χ2n) is 34.6. The van der Waals surface area contributed by atoms with E-state index in [1.54, 1.807) is 0 Å². The monoisotopic (exact) mass is 1680 g/mol. The van der Waals surface area contributed by atoms with E-state index in [0.717, 1.165) is 143 Å². The fourth-order valence-electron chi connectivity index (χ4n) is 18.3. The number of fused-ring (bicyclic) bond motifs is 21. The summed E-state index contributed by atoms with van der Waals surface area (Å²) in [6.07, 6.45) is 73.4. The van der Waals surface area contributed by atoms with Crippen LogP contribution in [-0.4, -0.2) is 52.4 Å². The Morgan fingerprint density at radius 1 is 0.241 bits per heavy atom. The van der Waals surface area contributed by atoms with Crippen molar-refractivity contribution in [1.29, 1.82) is 0 Å². The predicted octanol–water partition coefficient (Wildman–Crippen LogP) is 34.8. The van der Waals surface area contributed by atoms with Crippen molar-refractivity contribution in [3.63, 3.8) is 0 Å². The van der Waals surface area contributed by atoms with Gasteiger partial charge in [0.15, 0.2) is 23.3 Å². The van der Waals surface area contributed by atoms with Crippen LogP contribution in [0.2, 0.25) is 0 Å². The molecule has 8 bridgehead atoms. The molecule has 4 aliphatic heterocycles. The van der Waals surface area contributed by atoms with Crippen LogP contribution in [0, 0.1) is 0 Å². The van der Waals surface area contributed by atoms with Crippen LogP contribution >= 0.6 is 70.6 Å². The number of thioether (sulfide) groups is 6. The molecule has 4 aliphatic rings. The van der Waals surface area contributed by atoms with Crippen LogP contribution in [0.1, 0.15) is 408 Å². The van der Waals surface area contributed by atoms with Gasteiger partial charge < -0.3 is 9.97 Å². The van der Waals surface area contributed by atoms with Gasteiger partial charge in [0.1, 0.15) is 22.6 Å². The Morgan fingerprint density at radius 2 is 0.457 bits per heavy atom. The van der Waals surface area contributed by atoms with E-state index in [0.29, 0.717) is 0 Å². The summed E-state index contributed by atoms with van der Waals surface area (Å²) in [6, 6.07) is 15.4. The zero-order chi connectivity index (χ0) is 81.1. The second kappa shape index (κ2) is 51.0. The van der Waals surface area contributed by atoms with Gasteiger partial charge in [-0.05, 0) is 196 Å². The van der Waals surface area contributed by atoms with Crippen molar-refractivity contribution in [2.45, 2.75) is 425 Å². The lowest BCUT2D eigenvalue weighted by atomic mass is 9.91. The number of unbranched alkanes of at least 4 members (excludes halogenated alkanes) is 40. The molecule has 634 valence electrons. The molecule has 0 saturated carbocycles. The molecule has 2 N–H and O–H groups in total. The summed E-state index contributed by atoms with van der Waals surface area (Å²) in [5, 5.41) is 4.73. The first-order valence-corrected chi connectivity index (χ1v) is 53.7. The Bertz CT molecular complexity index is 4200. The fourth-order valence-corrected chi connectivity index (χ4v) is 26.5. The van der Waals surface area contributed by atoms with E-state index in [-0.39, 0.29) is 0 Å². The summed E-state index contributed by atoms with van der Waals surface area (Å²) in [6.45, 7) is 18.7. The Labute approximate surface area is 729 Å². The average molecular weight is 1680 g/mol. The maximum Gasteiger partial charge on any atom is 0.164 e. The highest BCUT2D eigenvalue weighted by Gasteiger charge is 2.35. The summed E-state index contributed by atoms with van der Waals surface area (Å²) >= 11 is 12.0. The molecule has 0 amide bonds. The third-order valence-electron chi connectivity index (χ3n) is 25.2. The molecule has 0 unspecified atom stereocenters. The van der Waals surface area contributed by atoms with Gasteiger partial charge in [-0.1, -0.05) is 359 Å². The molecule has 4 aromatic carbocycles. The zero-order valence-electron chi connectivity index (χ0n) is 74.2. The van der Waals surface area contributed by atoms with E-state index < -0.39 is 0 Å². The Hall–Kier alpha value is -4.18. The minimum absolute atomic E-state index is 0.747. The molecular weight excluding hydrogens is 1530 g/mol. The molecule has 0 fully saturated rings. The summed E-state index contributed by atoms with van der Waals surface area (Å²) in [4.78, 5) is 47.6. The number of nitrogens with one attached hydrogen (secondary N) is 2. The molecule has 116 heavy (non-hydrogen) atoms. The van der Waals surface area contributed by atoms with Crippen LogP contribution < -0.4 is 0 Å². The van der Waals surface area contributed by atoms with Gasteiger partial charge in [-0.15, -0.1) is 23.5 Å². The Kier molecular flexibility index (Phi) is 40.7. The van der Waals surface area contributed by atoms with Crippen molar-refractivity contribution in [3.05, 3.63) is 97.9 Å². The van der Waals surface area contributed by atoms with Crippen molar-refractivity contribution in [2.24, 2.45) is 0 Å². The SMILES string of the molecule is CCCCCCCCc1cc2c(cc1CCCCCCCC)-c1nc-2nc2[nH]c(nc3nc(nc4[nH]c(n1)c1c(CCCCCCCC)c5c(c(CCCCCCCC)c41)SC(=C1SC(SC)=C(SC)S1)S5)-c1cc(CCCCCCCC)c(CCCCCCCC)cc1-3)c1cc(CCCCCCCC)c(CCCCCCCC)cc21. The molecule has 7 aromatic rings. The summed E-state index contributed by atoms with van der Waals surface area (Å²) in [5.41, 5.74) is 19.5. The number of hydrogen-bond acceptors (Lipinski definition) is 12. The van der Waals surface area contributed by atoms with Crippen LogP contribution in [0.25, 0.3) is 89.7 Å². The molecule has 7 heterocycles. The highest BCUT2D eigenvalue weighted by atomic mass is 32.3. The van der Waals surface area contributed by atoms with Gasteiger partial charge in [0, 0.05) is 53.6 Å². The Morgan fingerprint density at radius 3 is 0.716 bits per heavy atom. The molecule has 8 nitrogen and oxygen atoms in total. The number of hydrogen-bond donors (Lipinski definition) is 2. The third kappa shape index (κ3) is 26.0. The van der Waals surface area contributed by atoms with E-state index in [4.69, 9.17) is 29.9 Å². The largest absolute Gasteiger partial charge is 0.324 e. The maximum absolute atomic E-state index is 6.21. The van der Waals surface area contributed by atoms with Crippen molar-refractivity contribution >= 4 is 115 Å². The number of aromatic amines is 2. The number of nitrogens with zero attached hydrogens (tertiary/aromatic N) is 6. The van der Waals surface area contributed by atoms with Crippen molar-refractivity contribution < 1.29 is 0 Å². The predicted molar refractivity (Wildman–Crippen MR) is 521 cm³/mol. The lowest BCUT2D eigenvalue weighted by Gasteiger charge is -2.15. The zero-order valence-corrected chi connectivity index (χ0v) is 79.1. The van der Waals surface area contributed by atoms with E-state index in [1.807, 2.05) is 47.0 Å². The van der Waals surface area contributed by atoms with Gasteiger partial charge in [-0.2, -0.15) is 0 Å². The smallest absolute Gasteiger partial charge is 0.164 e. The number of benzene rings is 4. The summed E-state index contributed by atoms with van der Waals surface area (Å²) in [7, 11) is 0. The minimum atomic E-state index is 0.747. The molecule has 0 aliphatic carbocycles. The fraction of sp³-hybridized carbons (Fsp3) is 0.647. The van der Waals surface area contributed by atoms with Crippen molar-refractivity contribution in [1.82, 2.24) is 39.9 Å². The van der Waals surface area contributed by atoms with Gasteiger partial charge in [0.25, 0.3) is 0 Å². The average Bonchev–Trinajstić information content (AvgIpc) is 1.56. The van der Waals surface area contributed by atoms with E-state index >= 15 is 0 Å². The van der Waals surface area contributed by atoms with Gasteiger partial charge in [-0.25, -0.2) is 29.9 Å². The number of H-pyrrole nitrogens is 2. The number of aromatic nitrogens is 8.